The lowest BCUT2D eigenvalue weighted by Crippen LogP contribution is -2.40. The molecule has 7 nitrogen and oxygen atoms in total. The number of likely N-dealkylation sites (tertiary alicyclic amines) is 1. The van der Waals surface area contributed by atoms with Crippen molar-refractivity contribution in [2.24, 2.45) is 5.92 Å². The van der Waals surface area contributed by atoms with Gasteiger partial charge in [-0.05, 0) is 87.1 Å². The number of amides is 1. The average molecular weight is 517 g/mol. The van der Waals surface area contributed by atoms with Gasteiger partial charge in [0.15, 0.2) is 0 Å². The molecule has 1 amide bonds. The van der Waals surface area contributed by atoms with Gasteiger partial charge in [0, 0.05) is 41.5 Å². The van der Waals surface area contributed by atoms with Gasteiger partial charge in [0.2, 0.25) is 5.91 Å². The lowest BCUT2D eigenvalue weighted by Gasteiger charge is -2.32. The maximum Gasteiger partial charge on any atom is 0.244 e. The van der Waals surface area contributed by atoms with Crippen molar-refractivity contribution in [1.29, 1.82) is 0 Å². The molecular formula is C29H30F2N6O. The van der Waals surface area contributed by atoms with E-state index in [0.717, 1.165) is 53.8 Å². The van der Waals surface area contributed by atoms with E-state index in [4.69, 9.17) is 10.8 Å². The Morgan fingerprint density at radius 3 is 2.24 bits per heavy atom. The van der Waals surface area contributed by atoms with E-state index in [2.05, 4.69) is 9.97 Å². The molecule has 3 heterocycles. The minimum atomic E-state index is -0.335. The van der Waals surface area contributed by atoms with Crippen LogP contribution in [-0.4, -0.2) is 43.6 Å². The Kier molecular flexibility index (Phi) is 7.44. The third kappa shape index (κ3) is 5.72. The topological polar surface area (TPSA) is 89.9 Å². The van der Waals surface area contributed by atoms with Gasteiger partial charge in [-0.15, -0.1) is 0 Å². The third-order valence-corrected chi connectivity index (χ3v) is 7.23. The zero-order valence-corrected chi connectivity index (χ0v) is 21.3. The van der Waals surface area contributed by atoms with Crippen molar-refractivity contribution in [2.45, 2.75) is 39.2 Å². The van der Waals surface area contributed by atoms with Gasteiger partial charge in [-0.2, -0.15) is 5.10 Å². The number of piperidine rings is 1. The number of benzene rings is 2. The molecule has 0 radical (unpaired) electrons. The van der Waals surface area contributed by atoms with Crippen LogP contribution in [0.15, 0.2) is 60.9 Å². The summed E-state index contributed by atoms with van der Waals surface area (Å²) in [4.78, 5) is 23.5. The minimum absolute atomic E-state index is 0.0106. The number of aromatic nitrogens is 4. The molecule has 0 bridgehead atoms. The number of halogens is 2. The number of anilines is 1. The number of nitrogen functional groups attached to an aromatic ring is 1. The fourth-order valence-corrected chi connectivity index (χ4v) is 5.12. The predicted octanol–water partition coefficient (Wildman–Crippen LogP) is 5.05. The highest BCUT2D eigenvalue weighted by molar-refractivity contribution is 5.79. The second kappa shape index (κ2) is 11.1. The summed E-state index contributed by atoms with van der Waals surface area (Å²) in [7, 11) is 0. The van der Waals surface area contributed by atoms with Crippen LogP contribution in [0.1, 0.15) is 30.5 Å². The number of hydrogen-bond acceptors (Lipinski definition) is 5. The van der Waals surface area contributed by atoms with E-state index < -0.39 is 0 Å². The maximum atomic E-state index is 13.6. The summed E-state index contributed by atoms with van der Waals surface area (Å²) in [5, 5.41) is 4.76. The Morgan fingerprint density at radius 1 is 0.974 bits per heavy atom. The Labute approximate surface area is 220 Å². The first-order valence-electron chi connectivity index (χ1n) is 12.8. The van der Waals surface area contributed by atoms with Gasteiger partial charge in [-0.3, -0.25) is 9.48 Å². The quantitative estimate of drug-likeness (QED) is 0.371. The number of carbonyl (C=O) groups is 1. The molecule has 0 unspecified atom stereocenters. The largest absolute Gasteiger partial charge is 0.384 e. The van der Waals surface area contributed by atoms with Crippen molar-refractivity contribution in [3.63, 3.8) is 0 Å². The minimum Gasteiger partial charge on any atom is -0.384 e. The Hall–Kier alpha value is -4.14. The van der Waals surface area contributed by atoms with Crippen LogP contribution < -0.4 is 5.73 Å². The first-order chi connectivity index (χ1) is 18.4. The molecule has 4 aromatic rings. The highest BCUT2D eigenvalue weighted by Crippen LogP contribution is 2.32. The number of aryl methyl sites for hydroxylation is 1. The maximum absolute atomic E-state index is 13.6. The molecule has 2 aromatic carbocycles. The molecule has 9 heteroatoms. The Morgan fingerprint density at radius 2 is 1.61 bits per heavy atom. The highest BCUT2D eigenvalue weighted by Gasteiger charge is 2.25. The normalized spacial score (nSPS) is 14.1. The van der Waals surface area contributed by atoms with E-state index in [1.54, 1.807) is 28.9 Å². The number of rotatable bonds is 7. The molecule has 38 heavy (non-hydrogen) atoms. The molecular weight excluding hydrogens is 486 g/mol. The van der Waals surface area contributed by atoms with Crippen molar-refractivity contribution in [1.82, 2.24) is 24.6 Å². The van der Waals surface area contributed by atoms with Crippen molar-refractivity contribution in [3.8, 4) is 22.5 Å². The first-order valence-corrected chi connectivity index (χ1v) is 12.8. The van der Waals surface area contributed by atoms with Crippen LogP contribution in [0.4, 0.5) is 14.6 Å². The van der Waals surface area contributed by atoms with Gasteiger partial charge >= 0.3 is 0 Å². The summed E-state index contributed by atoms with van der Waals surface area (Å²) >= 11 is 0. The van der Waals surface area contributed by atoms with Gasteiger partial charge < -0.3 is 10.6 Å². The monoisotopic (exact) mass is 516 g/mol. The number of hydrogen-bond donors (Lipinski definition) is 1. The van der Waals surface area contributed by atoms with E-state index >= 15 is 0 Å². The van der Waals surface area contributed by atoms with Crippen molar-refractivity contribution in [2.75, 3.05) is 18.8 Å². The van der Waals surface area contributed by atoms with Gasteiger partial charge in [0.1, 0.15) is 30.3 Å². The van der Waals surface area contributed by atoms with Crippen LogP contribution in [-0.2, 0) is 17.8 Å². The highest BCUT2D eigenvalue weighted by atomic mass is 19.1. The van der Waals surface area contributed by atoms with E-state index in [1.807, 2.05) is 17.9 Å². The summed E-state index contributed by atoms with van der Waals surface area (Å²) in [6.45, 7) is 3.36. The predicted molar refractivity (Wildman–Crippen MR) is 142 cm³/mol. The fourth-order valence-electron chi connectivity index (χ4n) is 5.12. The summed E-state index contributed by atoms with van der Waals surface area (Å²) in [5.41, 5.74) is 10.5. The lowest BCUT2D eigenvalue weighted by atomic mass is 9.91. The summed E-state index contributed by atoms with van der Waals surface area (Å²) in [6, 6.07) is 14.1. The molecule has 196 valence electrons. The van der Waals surface area contributed by atoms with Crippen molar-refractivity contribution >= 4 is 11.7 Å². The van der Waals surface area contributed by atoms with Gasteiger partial charge in [0.25, 0.3) is 0 Å². The molecule has 1 aliphatic rings. The van der Waals surface area contributed by atoms with Crippen LogP contribution in [0, 0.1) is 24.5 Å². The van der Waals surface area contributed by atoms with E-state index in [-0.39, 0.29) is 24.1 Å². The molecule has 0 atom stereocenters. The van der Waals surface area contributed by atoms with Crippen molar-refractivity contribution < 1.29 is 13.6 Å². The Balaban J connectivity index is 1.30. The van der Waals surface area contributed by atoms with Gasteiger partial charge in [-0.1, -0.05) is 0 Å². The second-order valence-electron chi connectivity index (χ2n) is 9.79. The molecule has 5 rings (SSSR count). The molecule has 0 aliphatic carbocycles. The molecule has 0 spiro atoms. The molecule has 1 fully saturated rings. The first kappa shape index (κ1) is 25.5. The third-order valence-electron chi connectivity index (χ3n) is 7.23. The molecule has 0 saturated carbocycles. The zero-order chi connectivity index (χ0) is 26.6. The van der Waals surface area contributed by atoms with E-state index in [0.29, 0.717) is 30.5 Å². The average Bonchev–Trinajstić information content (AvgIpc) is 3.24. The second-order valence-corrected chi connectivity index (χ2v) is 9.79. The van der Waals surface area contributed by atoms with Crippen molar-refractivity contribution in [3.05, 3.63) is 83.8 Å². The standard InChI is InChI=1S/C29H30F2N6O/c1-19-28(21-3-7-23(30)8-4-21)35-37(29(19)22-5-9-24(31)10-6-22)17-27(38)36-14-12-20(13-15-36)2-11-25-16-26(32)34-18-33-25/h3-10,16,18,20H,2,11-15,17H2,1H3,(H2,32,33,34). The SMILES string of the molecule is Cc1c(-c2ccc(F)cc2)nn(CC(=O)N2CCC(CCc3cc(N)ncn3)CC2)c1-c1ccc(F)cc1. The Bertz CT molecular complexity index is 1410. The van der Waals surface area contributed by atoms with E-state index in [9.17, 15) is 13.6 Å². The number of nitrogens with two attached hydrogens (primary N) is 1. The van der Waals surface area contributed by atoms with Crippen LogP contribution >= 0.6 is 0 Å². The van der Waals surface area contributed by atoms with Crippen LogP contribution in [0.5, 0.6) is 0 Å². The number of nitrogens with zero attached hydrogens (tertiary/aromatic N) is 5. The smallest absolute Gasteiger partial charge is 0.244 e. The molecule has 1 saturated heterocycles. The molecule has 2 aromatic heterocycles. The lowest BCUT2D eigenvalue weighted by molar-refractivity contribution is -0.133. The summed E-state index contributed by atoms with van der Waals surface area (Å²) in [6.07, 6.45) is 5.18. The zero-order valence-electron chi connectivity index (χ0n) is 21.3. The molecule has 2 N–H and O–H groups in total. The fraction of sp³-hybridized carbons (Fsp3) is 0.310. The van der Waals surface area contributed by atoms with E-state index in [1.165, 1.54) is 30.6 Å². The van der Waals surface area contributed by atoms with Crippen LogP contribution in [0.25, 0.3) is 22.5 Å². The van der Waals surface area contributed by atoms with Crippen LogP contribution in [0.2, 0.25) is 0 Å². The van der Waals surface area contributed by atoms with Gasteiger partial charge in [-0.25, -0.2) is 18.7 Å². The summed E-state index contributed by atoms with van der Waals surface area (Å²) in [5.74, 6) is 0.320. The van der Waals surface area contributed by atoms with Gasteiger partial charge in [0.05, 0.1) is 11.4 Å². The molecule has 1 aliphatic heterocycles. The van der Waals surface area contributed by atoms with Crippen LogP contribution in [0.3, 0.4) is 0 Å². The number of carbonyl (C=O) groups excluding carboxylic acids is 1. The summed E-state index contributed by atoms with van der Waals surface area (Å²) < 4.78 is 28.8.